The number of aliphatic imine (C=N–C) groups is 2. The predicted octanol–water partition coefficient (Wildman–Crippen LogP) is 12.9. The van der Waals surface area contributed by atoms with Crippen molar-refractivity contribution in [2.45, 2.75) is 94.6 Å². The molecule has 2 aromatic rings. The van der Waals surface area contributed by atoms with Crippen LogP contribution in [0.15, 0.2) is 96.5 Å². The molecule has 0 N–H and O–H groups in total. The van der Waals surface area contributed by atoms with Gasteiger partial charge in [0.1, 0.15) is 28.5 Å². The zero-order valence-electron chi connectivity index (χ0n) is 34.8. The molecule has 0 unspecified atom stereocenters. The monoisotopic (exact) mass is 1090 g/mol. The van der Waals surface area contributed by atoms with E-state index in [2.05, 4.69) is 51.3 Å². The Morgan fingerprint density at radius 3 is 1.62 bits per heavy atom. The van der Waals surface area contributed by atoms with Crippen LogP contribution in [0.4, 0.5) is 57.1 Å². The quantitative estimate of drug-likeness (QED) is 0.212. The van der Waals surface area contributed by atoms with E-state index in [1.807, 2.05) is 33.9 Å². The summed E-state index contributed by atoms with van der Waals surface area (Å²) in [6.45, 7) is 2.85. The lowest BCUT2D eigenvalue weighted by Crippen LogP contribution is -2.42. The Labute approximate surface area is 385 Å². The maximum atomic E-state index is 15.6. The number of carbonyl (C=O) groups is 1. The van der Waals surface area contributed by atoms with Gasteiger partial charge in [-0.25, -0.2) is 13.2 Å². The minimum atomic E-state index is -4.88. The number of rotatable bonds is 6. The number of ether oxygens (including phenoxy) is 2. The first kappa shape index (κ1) is 49.3. The second-order valence-electron chi connectivity index (χ2n) is 17.4. The Hall–Kier alpha value is -4.58. The van der Waals surface area contributed by atoms with Gasteiger partial charge in [-0.1, -0.05) is 32.9 Å². The normalized spacial score (nSPS) is 23.8. The van der Waals surface area contributed by atoms with Gasteiger partial charge < -0.3 is 23.7 Å². The van der Waals surface area contributed by atoms with Crippen LogP contribution >= 0.6 is 31.9 Å². The highest BCUT2D eigenvalue weighted by atomic mass is 79.9. The molecule has 8 nitrogen and oxygen atoms in total. The van der Waals surface area contributed by atoms with Gasteiger partial charge in [0.2, 0.25) is 8.32 Å². The van der Waals surface area contributed by atoms with E-state index in [1.54, 1.807) is 12.1 Å². The summed E-state index contributed by atoms with van der Waals surface area (Å²) >= 11 is 6.11. The van der Waals surface area contributed by atoms with Crippen LogP contribution in [0.2, 0.25) is 18.1 Å². The minimum absolute atomic E-state index is 0.0395. The van der Waals surface area contributed by atoms with Gasteiger partial charge in [0.15, 0.2) is 35.1 Å². The predicted molar refractivity (Wildman–Crippen MR) is 223 cm³/mol. The van der Waals surface area contributed by atoms with E-state index in [9.17, 15) is 57.5 Å². The second-order valence-corrected chi connectivity index (χ2v) is 23.8. The van der Waals surface area contributed by atoms with E-state index in [1.165, 1.54) is 18.2 Å². The fourth-order valence-corrected chi connectivity index (χ4v) is 9.64. The molecule has 4 heterocycles. The van der Waals surface area contributed by atoms with Crippen molar-refractivity contribution in [3.8, 4) is 0 Å². The molecule has 0 fully saturated rings. The summed E-state index contributed by atoms with van der Waals surface area (Å²) < 4.78 is 192. The summed E-state index contributed by atoms with van der Waals surface area (Å²) in [6, 6.07) is 5.69. The van der Waals surface area contributed by atoms with Gasteiger partial charge in [-0.2, -0.15) is 43.9 Å². The molecule has 6 aliphatic rings. The zero-order chi connectivity index (χ0) is 48.9. The molecule has 24 heteroatoms. The standard InChI is InChI=1S/C24H25BrF6N2O2Si.C18H10BrF7N2O2/c1-22(2,3)36(4,5)35-16-8-9-23(14-6-7-15(25)19(26)18(14)16)12-33-11-13(24(29,30)31)10-17(20(33)32-23)34-21(27)28;19-9-2-1-8-12(13(9)21)14(29)10(20)4-17(8)6-28-5-7(18(24,25)26)3-11(15(28)27-17)30-16(22)23/h6-8,10-11,21H,9,12H2,1-5H3;1-3,5,10,16H,4,6H2/t23-;10-,17-/m11/s1. The number of alkyl halides is 11. The molecule has 0 saturated heterocycles. The Morgan fingerprint density at radius 1 is 0.727 bits per heavy atom. The number of halogens is 15. The van der Waals surface area contributed by atoms with E-state index in [-0.39, 0.29) is 49.7 Å². The Morgan fingerprint density at radius 2 is 1.17 bits per heavy atom. The second kappa shape index (κ2) is 16.9. The van der Waals surface area contributed by atoms with Gasteiger partial charge in [0.05, 0.1) is 44.3 Å². The molecular weight excluding hydrogens is 1060 g/mol. The van der Waals surface area contributed by atoms with Crippen molar-refractivity contribution >= 4 is 63.4 Å². The first-order chi connectivity index (χ1) is 30.4. The topological polar surface area (TPSA) is 76.0 Å². The summed E-state index contributed by atoms with van der Waals surface area (Å²) in [7, 11) is -2.39. The van der Waals surface area contributed by atoms with E-state index in [4.69, 9.17) is 4.43 Å². The number of ketones is 1. The van der Waals surface area contributed by atoms with Crippen molar-refractivity contribution in [1.29, 1.82) is 0 Å². The van der Waals surface area contributed by atoms with E-state index < -0.39 is 110 Å². The van der Waals surface area contributed by atoms with E-state index in [0.717, 1.165) is 16.0 Å². The van der Waals surface area contributed by atoms with Crippen LogP contribution in [-0.2, 0) is 25.0 Å². The third-order valence-corrected chi connectivity index (χ3v) is 17.6. The largest absolute Gasteiger partial charge is 0.543 e. The van der Waals surface area contributed by atoms with Crippen LogP contribution in [0.1, 0.15) is 60.7 Å². The third-order valence-electron chi connectivity index (χ3n) is 12.0. The Balaban J connectivity index is 0.000000199. The van der Waals surface area contributed by atoms with Gasteiger partial charge in [0, 0.05) is 25.2 Å². The van der Waals surface area contributed by atoms with Crippen LogP contribution < -0.4 is 0 Å². The lowest BCUT2D eigenvalue weighted by atomic mass is 9.75. The molecule has 0 amide bonds. The molecule has 2 spiro atoms. The molecule has 3 atom stereocenters. The lowest BCUT2D eigenvalue weighted by molar-refractivity contribution is -0.0981. The molecule has 0 radical (unpaired) electrons. The van der Waals surface area contributed by atoms with Crippen LogP contribution in [0.3, 0.4) is 0 Å². The zero-order valence-corrected chi connectivity index (χ0v) is 39.0. The molecule has 66 heavy (non-hydrogen) atoms. The van der Waals surface area contributed by atoms with Crippen LogP contribution in [0, 0.1) is 11.6 Å². The number of allylic oxidation sites excluding steroid dienone is 4. The number of benzene rings is 2. The maximum absolute atomic E-state index is 15.6. The summed E-state index contributed by atoms with van der Waals surface area (Å²) in [6.07, 6.45) is -8.26. The molecule has 356 valence electrons. The third kappa shape index (κ3) is 8.96. The van der Waals surface area contributed by atoms with Gasteiger partial charge in [-0.05, 0) is 91.5 Å². The highest BCUT2D eigenvalue weighted by Crippen LogP contribution is 2.51. The van der Waals surface area contributed by atoms with Gasteiger partial charge >= 0.3 is 25.6 Å². The smallest absolute Gasteiger partial charge is 0.417 e. The van der Waals surface area contributed by atoms with Gasteiger partial charge in [-0.3, -0.25) is 14.8 Å². The van der Waals surface area contributed by atoms with Crippen LogP contribution in [0.5, 0.6) is 0 Å². The molecule has 0 aromatic heterocycles. The number of Topliss-reactive ketones (excluding diaryl/α,β-unsaturated/α-hetero) is 1. The fraction of sp³-hybridized carbons (Fsp3) is 0.405. The van der Waals surface area contributed by atoms with Gasteiger partial charge in [0.25, 0.3) is 0 Å². The van der Waals surface area contributed by atoms with Crippen molar-refractivity contribution < 1.29 is 75.8 Å². The van der Waals surface area contributed by atoms with Gasteiger partial charge in [-0.15, -0.1) is 0 Å². The molecular formula is C42H35Br2F13N4O4Si. The minimum Gasteiger partial charge on any atom is -0.543 e. The number of carbonyl (C=O) groups excluding carboxylic acids is 1. The number of nitrogens with zero attached hydrogens (tertiary/aromatic N) is 4. The Kier molecular flexibility index (Phi) is 12.6. The first-order valence-corrected chi connectivity index (χ1v) is 24.1. The SMILES string of the molecule is CC(C)(C)[Si](C)(C)OC1=CC[C@@]2(CN3C=C(C(F)(F)F)C=C(OC(F)F)C3=N2)c2ccc(Br)c(F)c21.O=C1c2c(ccc(Br)c2F)[C@@]2(C[C@H]1F)CN1C=C(C(F)(F)F)C=C(OC(F)F)C1=N2. The van der Waals surface area contributed by atoms with Crippen LogP contribution in [0.25, 0.3) is 5.76 Å². The molecule has 0 bridgehead atoms. The number of hydrogen-bond acceptors (Lipinski definition) is 8. The first-order valence-electron chi connectivity index (χ1n) is 19.6. The summed E-state index contributed by atoms with van der Waals surface area (Å²) in [4.78, 5) is 23.0. The maximum Gasteiger partial charge on any atom is 0.417 e. The molecule has 4 aliphatic heterocycles. The van der Waals surface area contributed by atoms with Crippen molar-refractivity contribution in [1.82, 2.24) is 9.80 Å². The number of amidine groups is 2. The molecule has 2 aromatic carbocycles. The van der Waals surface area contributed by atoms with E-state index in [0.29, 0.717) is 29.7 Å². The van der Waals surface area contributed by atoms with Crippen LogP contribution in [-0.4, -0.2) is 80.4 Å². The Bertz CT molecular complexity index is 2600. The van der Waals surface area contributed by atoms with Crippen molar-refractivity contribution in [3.05, 3.63) is 120 Å². The summed E-state index contributed by atoms with van der Waals surface area (Å²) in [5, 5.41) is -0.176. The average molecular weight is 1090 g/mol. The van der Waals surface area contributed by atoms with Crippen molar-refractivity contribution in [2.24, 2.45) is 9.98 Å². The summed E-state index contributed by atoms with van der Waals surface area (Å²) in [5.41, 5.74) is -5.37. The molecule has 2 aliphatic carbocycles. The van der Waals surface area contributed by atoms with E-state index >= 15 is 4.39 Å². The fourth-order valence-electron chi connectivity index (χ4n) is 7.94. The number of hydrogen-bond donors (Lipinski definition) is 0. The number of fused-ring (bicyclic) bond motifs is 6. The highest BCUT2D eigenvalue weighted by Gasteiger charge is 2.54. The lowest BCUT2D eigenvalue weighted by Gasteiger charge is -2.40. The molecule has 8 rings (SSSR count). The summed E-state index contributed by atoms with van der Waals surface area (Å²) in [5.74, 6) is -4.50. The van der Waals surface area contributed by atoms with Crippen molar-refractivity contribution in [2.75, 3.05) is 13.1 Å². The van der Waals surface area contributed by atoms with Crippen molar-refractivity contribution in [3.63, 3.8) is 0 Å². The average Bonchev–Trinajstić information content (AvgIpc) is 3.75. The highest BCUT2D eigenvalue weighted by molar-refractivity contribution is 9.10. The molecule has 0 saturated carbocycles.